The van der Waals surface area contributed by atoms with E-state index < -0.39 is 23.0 Å². The molecule has 5 aromatic rings. The van der Waals surface area contributed by atoms with Crippen molar-refractivity contribution in [2.24, 2.45) is 0 Å². The Balaban J connectivity index is 1.14. The van der Waals surface area contributed by atoms with Crippen LogP contribution >= 0.6 is 23.1 Å². The molecule has 0 radical (unpaired) electrons. The van der Waals surface area contributed by atoms with Gasteiger partial charge < -0.3 is 20.7 Å². The molecule has 0 aliphatic heterocycles. The molecule has 9 nitrogen and oxygen atoms in total. The average Bonchev–Trinajstić information content (AvgIpc) is 3.52. The molecule has 2 heterocycles. The van der Waals surface area contributed by atoms with E-state index in [2.05, 4.69) is 33.1 Å². The Morgan fingerprint density at radius 3 is 2.43 bits per heavy atom. The molecule has 258 valence electrons. The van der Waals surface area contributed by atoms with Crippen LogP contribution in [-0.4, -0.2) is 41.0 Å². The second kappa shape index (κ2) is 16.5. The third-order valence-electron chi connectivity index (χ3n) is 8.46. The molecular weight excluding hydrogens is 681 g/mol. The van der Waals surface area contributed by atoms with Gasteiger partial charge in [0, 0.05) is 33.4 Å². The number of esters is 1. The summed E-state index contributed by atoms with van der Waals surface area (Å²) in [7, 11) is 1.35. The molecule has 11 heteroatoms. The van der Waals surface area contributed by atoms with Crippen molar-refractivity contribution in [3.8, 4) is 0 Å². The number of thioether (sulfide) groups is 1. The number of hydrogen-bond donors (Lipinski definition) is 3. The highest BCUT2D eigenvalue weighted by atomic mass is 32.2. The standard InChI is InChI=1S/C40H36N4O5S2/c1-25(36(45)44-39-35(40(48)49-2)32-19-18-29(22-34(32)51-39)27-12-5-3-6-13-27)50-31-17-9-16-30(23-31)42-38(47)33(21-26-11-10-20-41-24-26)43-37(46)28-14-7-4-8-15-28/h3-17,20-21,23-25,29H,18-19,22H2,1-2H3,(H,42,47)(H,43,46)(H,44,45)/b33-21-. The summed E-state index contributed by atoms with van der Waals surface area (Å²) in [6.07, 6.45) is 7.19. The van der Waals surface area contributed by atoms with Crippen LogP contribution in [0.3, 0.4) is 0 Å². The molecule has 1 aliphatic rings. The van der Waals surface area contributed by atoms with E-state index in [1.165, 1.54) is 35.8 Å². The van der Waals surface area contributed by atoms with Gasteiger partial charge in [0.05, 0.1) is 17.9 Å². The van der Waals surface area contributed by atoms with Crippen LogP contribution in [-0.2, 0) is 27.2 Å². The molecule has 6 rings (SSSR count). The molecule has 2 aromatic heterocycles. The summed E-state index contributed by atoms with van der Waals surface area (Å²) in [5, 5.41) is 8.57. The Morgan fingerprint density at radius 2 is 1.71 bits per heavy atom. The Labute approximate surface area is 304 Å². The van der Waals surface area contributed by atoms with E-state index in [1.54, 1.807) is 86.1 Å². The maximum Gasteiger partial charge on any atom is 0.341 e. The molecule has 0 fully saturated rings. The fourth-order valence-corrected chi connectivity index (χ4v) is 8.13. The second-order valence-electron chi connectivity index (χ2n) is 11.9. The molecule has 2 unspecified atom stereocenters. The highest BCUT2D eigenvalue weighted by molar-refractivity contribution is 8.00. The molecule has 0 saturated carbocycles. The number of nitrogens with zero attached hydrogens (tertiary/aromatic N) is 1. The van der Waals surface area contributed by atoms with Gasteiger partial charge in [-0.05, 0) is 91.3 Å². The first-order chi connectivity index (χ1) is 24.8. The Kier molecular flexibility index (Phi) is 11.4. The number of thiophene rings is 1. The lowest BCUT2D eigenvalue weighted by atomic mass is 9.83. The highest BCUT2D eigenvalue weighted by Crippen LogP contribution is 2.43. The van der Waals surface area contributed by atoms with Gasteiger partial charge in [0.15, 0.2) is 0 Å². The van der Waals surface area contributed by atoms with Crippen molar-refractivity contribution in [1.82, 2.24) is 10.3 Å². The molecule has 0 bridgehead atoms. The minimum Gasteiger partial charge on any atom is -0.465 e. The Hall–Kier alpha value is -5.52. The Bertz CT molecular complexity index is 2070. The number of benzene rings is 3. The van der Waals surface area contributed by atoms with Crippen LogP contribution in [0.2, 0.25) is 0 Å². The molecule has 3 N–H and O–H groups in total. The van der Waals surface area contributed by atoms with Gasteiger partial charge in [0.25, 0.3) is 11.8 Å². The van der Waals surface area contributed by atoms with Crippen molar-refractivity contribution in [3.05, 3.63) is 148 Å². The summed E-state index contributed by atoms with van der Waals surface area (Å²) in [6, 6.07) is 29.6. The summed E-state index contributed by atoms with van der Waals surface area (Å²) >= 11 is 2.76. The summed E-state index contributed by atoms with van der Waals surface area (Å²) in [4.78, 5) is 58.9. The van der Waals surface area contributed by atoms with Crippen LogP contribution in [0.5, 0.6) is 0 Å². The van der Waals surface area contributed by atoms with E-state index >= 15 is 0 Å². The topological polar surface area (TPSA) is 126 Å². The number of rotatable bonds is 11. The number of pyridine rings is 1. The normalized spacial score (nSPS) is 14.5. The van der Waals surface area contributed by atoms with Crippen molar-refractivity contribution >= 4 is 63.6 Å². The number of nitrogens with one attached hydrogen (secondary N) is 3. The maximum atomic E-state index is 13.5. The zero-order valence-corrected chi connectivity index (χ0v) is 29.7. The van der Waals surface area contributed by atoms with Crippen LogP contribution in [0.25, 0.3) is 6.08 Å². The van der Waals surface area contributed by atoms with Crippen LogP contribution in [0.4, 0.5) is 10.7 Å². The van der Waals surface area contributed by atoms with Crippen LogP contribution in [0.1, 0.15) is 61.5 Å². The van der Waals surface area contributed by atoms with Crippen molar-refractivity contribution in [3.63, 3.8) is 0 Å². The van der Waals surface area contributed by atoms with Gasteiger partial charge in [-0.3, -0.25) is 19.4 Å². The molecule has 3 aromatic carbocycles. The largest absolute Gasteiger partial charge is 0.465 e. The monoisotopic (exact) mass is 716 g/mol. The molecule has 51 heavy (non-hydrogen) atoms. The second-order valence-corrected chi connectivity index (χ2v) is 14.5. The van der Waals surface area contributed by atoms with E-state index in [4.69, 9.17) is 4.74 Å². The third kappa shape index (κ3) is 8.80. The number of aromatic nitrogens is 1. The van der Waals surface area contributed by atoms with Gasteiger partial charge in [0.2, 0.25) is 5.91 Å². The fourth-order valence-electron chi connectivity index (χ4n) is 5.89. The van der Waals surface area contributed by atoms with E-state index in [9.17, 15) is 19.2 Å². The van der Waals surface area contributed by atoms with Crippen LogP contribution in [0, 0.1) is 0 Å². The van der Waals surface area contributed by atoms with Gasteiger partial charge in [0.1, 0.15) is 10.7 Å². The maximum absolute atomic E-state index is 13.5. The van der Waals surface area contributed by atoms with E-state index in [0.717, 1.165) is 34.6 Å². The number of amides is 3. The van der Waals surface area contributed by atoms with Crippen molar-refractivity contribution in [1.29, 1.82) is 0 Å². The zero-order chi connectivity index (χ0) is 35.7. The number of ether oxygens (including phenoxy) is 1. The van der Waals surface area contributed by atoms with Crippen molar-refractivity contribution < 1.29 is 23.9 Å². The van der Waals surface area contributed by atoms with Crippen molar-refractivity contribution in [2.45, 2.75) is 42.2 Å². The molecule has 3 amide bonds. The minimum atomic E-state index is -0.538. The van der Waals surface area contributed by atoms with E-state index in [1.807, 2.05) is 24.3 Å². The average molecular weight is 717 g/mol. The number of anilines is 2. The highest BCUT2D eigenvalue weighted by Gasteiger charge is 2.31. The van der Waals surface area contributed by atoms with Gasteiger partial charge in [-0.25, -0.2) is 4.79 Å². The van der Waals surface area contributed by atoms with Gasteiger partial charge in [-0.2, -0.15) is 0 Å². The van der Waals surface area contributed by atoms with Crippen LogP contribution in [0.15, 0.2) is 120 Å². The predicted molar refractivity (Wildman–Crippen MR) is 202 cm³/mol. The molecule has 0 spiro atoms. The van der Waals surface area contributed by atoms with Gasteiger partial charge in [-0.15, -0.1) is 23.1 Å². The number of carbonyl (C=O) groups is 4. The SMILES string of the molecule is COC(=O)c1c(NC(=O)C(C)Sc2cccc(NC(=O)/C(=C/c3cccnc3)NC(=O)c3ccccc3)c2)sc2c1CCC(c1ccccc1)C2. The smallest absolute Gasteiger partial charge is 0.341 e. The minimum absolute atomic E-state index is 0.0396. The Morgan fingerprint density at radius 1 is 0.941 bits per heavy atom. The summed E-state index contributed by atoms with van der Waals surface area (Å²) in [5.74, 6) is -1.33. The first kappa shape index (κ1) is 35.3. The zero-order valence-electron chi connectivity index (χ0n) is 28.1. The van der Waals surface area contributed by atoms with E-state index in [0.29, 0.717) is 33.3 Å². The summed E-state index contributed by atoms with van der Waals surface area (Å²) < 4.78 is 5.14. The molecule has 2 atom stereocenters. The molecule has 0 saturated heterocycles. The van der Waals surface area contributed by atoms with Gasteiger partial charge in [-0.1, -0.05) is 60.7 Å². The predicted octanol–water partition coefficient (Wildman–Crippen LogP) is 7.73. The van der Waals surface area contributed by atoms with E-state index in [-0.39, 0.29) is 11.6 Å². The lowest BCUT2D eigenvalue weighted by Crippen LogP contribution is -2.30. The number of methoxy groups -OCH3 is 1. The number of fused-ring (bicyclic) bond motifs is 1. The third-order valence-corrected chi connectivity index (χ3v) is 10.7. The summed E-state index contributed by atoms with van der Waals surface area (Å²) in [6.45, 7) is 1.79. The molecule has 1 aliphatic carbocycles. The quantitative estimate of drug-likeness (QED) is 0.0726. The van der Waals surface area contributed by atoms with Gasteiger partial charge >= 0.3 is 5.97 Å². The summed E-state index contributed by atoms with van der Waals surface area (Å²) in [5.41, 5.74) is 4.23. The molecular formula is C40H36N4O5S2. The first-order valence-electron chi connectivity index (χ1n) is 16.4. The fraction of sp³-hybridized carbons (Fsp3) is 0.175. The first-order valence-corrected chi connectivity index (χ1v) is 18.1. The van der Waals surface area contributed by atoms with Crippen LogP contribution < -0.4 is 16.0 Å². The van der Waals surface area contributed by atoms with Crippen molar-refractivity contribution in [2.75, 3.05) is 17.7 Å². The number of hydrogen-bond acceptors (Lipinski definition) is 8. The lowest BCUT2D eigenvalue weighted by molar-refractivity contribution is -0.115. The lowest BCUT2D eigenvalue weighted by Gasteiger charge is -2.22. The number of carbonyl (C=O) groups excluding carboxylic acids is 4.